The summed E-state index contributed by atoms with van der Waals surface area (Å²) in [5.41, 5.74) is 6.10. The maximum absolute atomic E-state index is 13.5. The molecule has 1 unspecified atom stereocenters. The molecule has 1 atom stereocenters. The zero-order chi connectivity index (χ0) is 26.5. The Balaban J connectivity index is 2.09. The first kappa shape index (κ1) is 26.7. The summed E-state index contributed by atoms with van der Waals surface area (Å²) in [4.78, 5) is 47.6. The molecule has 0 saturated heterocycles. The minimum atomic E-state index is -3.36. The van der Waals surface area contributed by atoms with Crippen LogP contribution in [-0.4, -0.2) is 73.0 Å². The first-order valence-corrected chi connectivity index (χ1v) is 13.0. The highest BCUT2D eigenvalue weighted by Gasteiger charge is 2.27. The molecule has 0 aliphatic heterocycles. The third kappa shape index (κ3) is 5.64. The number of carbonyl (C=O) groups is 2. The smallest absolute Gasteiger partial charge is 0.435 e. The van der Waals surface area contributed by atoms with Gasteiger partial charge in [0.05, 0.1) is 19.7 Å². The summed E-state index contributed by atoms with van der Waals surface area (Å²) in [6.07, 6.45) is -0.412. The molecule has 0 aliphatic carbocycles. The fraction of sp³-hybridized carbons (Fsp3) is 0.409. The molecule has 0 bridgehead atoms. The summed E-state index contributed by atoms with van der Waals surface area (Å²) in [6, 6.07) is 8.26. The van der Waals surface area contributed by atoms with Crippen molar-refractivity contribution in [3.63, 3.8) is 0 Å². The van der Waals surface area contributed by atoms with Gasteiger partial charge in [-0.1, -0.05) is 37.3 Å². The fourth-order valence-electron chi connectivity index (χ4n) is 3.45. The average Bonchev–Trinajstić information content (AvgIpc) is 3.11. The van der Waals surface area contributed by atoms with Gasteiger partial charge in [-0.15, -0.1) is 0 Å². The molecule has 3 aromatic rings. The molecule has 14 heteroatoms. The normalized spacial score (nSPS) is 12.8. The van der Waals surface area contributed by atoms with Gasteiger partial charge in [-0.05, 0) is 18.9 Å². The van der Waals surface area contributed by atoms with Crippen molar-refractivity contribution >= 4 is 38.9 Å². The number of benzene rings is 1. The van der Waals surface area contributed by atoms with Crippen molar-refractivity contribution in [1.82, 2.24) is 24.0 Å². The molecule has 0 saturated carbocycles. The second kappa shape index (κ2) is 11.2. The van der Waals surface area contributed by atoms with E-state index in [1.54, 1.807) is 38.1 Å². The second-order valence-electron chi connectivity index (χ2n) is 7.87. The van der Waals surface area contributed by atoms with E-state index in [0.29, 0.717) is 6.42 Å². The van der Waals surface area contributed by atoms with Crippen molar-refractivity contribution in [1.29, 1.82) is 4.78 Å². The van der Waals surface area contributed by atoms with E-state index in [4.69, 9.17) is 15.3 Å². The fourth-order valence-corrected chi connectivity index (χ4v) is 4.69. The summed E-state index contributed by atoms with van der Waals surface area (Å²) in [6.45, 7) is 3.41. The Bertz CT molecular complexity index is 1420. The van der Waals surface area contributed by atoms with Crippen LogP contribution in [-0.2, 0) is 25.7 Å². The molecule has 1 amide bonds. The number of nitrogens with two attached hydrogens (primary N) is 1. The first-order valence-electron chi connectivity index (χ1n) is 11.2. The predicted octanol–water partition coefficient (Wildman–Crippen LogP) is 2.11. The van der Waals surface area contributed by atoms with Gasteiger partial charge in [0.1, 0.15) is 21.9 Å². The van der Waals surface area contributed by atoms with Crippen LogP contribution >= 0.6 is 0 Å². The van der Waals surface area contributed by atoms with Crippen molar-refractivity contribution in [3.8, 4) is 0 Å². The lowest BCUT2D eigenvalue weighted by atomic mass is 10.2. The van der Waals surface area contributed by atoms with Gasteiger partial charge in [0, 0.05) is 12.8 Å². The standard InChI is InChI=1S/C22H29N7O6S/c1-4-13-36(24,33)19-25-17(23)16-18(26-19)28(14-15-9-7-6-8-10-15)21(31)29(16)20(30)27(3)11-12-35-22(32)34-5-2/h6-10,24H,4-5,11-14H2,1-3H3,(H2,23,25,26). The van der Waals surface area contributed by atoms with Gasteiger partial charge in [0.25, 0.3) is 0 Å². The number of ether oxygens (including phenoxy) is 2. The molecule has 0 aliphatic rings. The number of amides is 1. The monoisotopic (exact) mass is 519 g/mol. The van der Waals surface area contributed by atoms with Gasteiger partial charge in [0.15, 0.2) is 11.5 Å². The van der Waals surface area contributed by atoms with Crippen molar-refractivity contribution in [3.05, 3.63) is 46.4 Å². The highest BCUT2D eigenvalue weighted by molar-refractivity contribution is 7.92. The van der Waals surface area contributed by atoms with Gasteiger partial charge in [-0.3, -0.25) is 4.57 Å². The molecule has 3 rings (SSSR count). The van der Waals surface area contributed by atoms with E-state index in [9.17, 15) is 18.6 Å². The zero-order valence-electron chi connectivity index (χ0n) is 20.3. The summed E-state index contributed by atoms with van der Waals surface area (Å²) in [5.74, 6) is -0.233. The maximum atomic E-state index is 13.5. The van der Waals surface area contributed by atoms with Crippen molar-refractivity contribution in [2.45, 2.75) is 32.0 Å². The van der Waals surface area contributed by atoms with Gasteiger partial charge in [0.2, 0.25) is 5.16 Å². The Morgan fingerprint density at radius 2 is 1.86 bits per heavy atom. The summed E-state index contributed by atoms with van der Waals surface area (Å²) in [5, 5.41) is -0.294. The number of nitrogens with zero attached hydrogens (tertiary/aromatic N) is 5. The van der Waals surface area contributed by atoms with E-state index < -0.39 is 27.6 Å². The Hall–Kier alpha value is -3.94. The molecule has 2 aromatic heterocycles. The highest BCUT2D eigenvalue weighted by Crippen LogP contribution is 2.22. The molecule has 2 heterocycles. The third-order valence-corrected chi connectivity index (χ3v) is 6.93. The van der Waals surface area contributed by atoms with E-state index in [1.165, 1.54) is 16.5 Å². The number of rotatable bonds is 9. The van der Waals surface area contributed by atoms with Crippen LogP contribution in [0, 0.1) is 4.78 Å². The van der Waals surface area contributed by atoms with Crippen LogP contribution < -0.4 is 11.4 Å². The third-order valence-electron chi connectivity index (χ3n) is 5.17. The molecule has 36 heavy (non-hydrogen) atoms. The minimum Gasteiger partial charge on any atom is -0.435 e. The summed E-state index contributed by atoms with van der Waals surface area (Å²) >= 11 is 0. The number of imidazole rings is 1. The largest absolute Gasteiger partial charge is 0.508 e. The lowest BCUT2D eigenvalue weighted by Gasteiger charge is -2.17. The Morgan fingerprint density at radius 1 is 1.17 bits per heavy atom. The van der Waals surface area contributed by atoms with E-state index in [2.05, 4.69) is 14.7 Å². The Morgan fingerprint density at radius 3 is 2.50 bits per heavy atom. The number of nitrogen functional groups attached to an aromatic ring is 1. The first-order chi connectivity index (χ1) is 17.1. The number of aromatic nitrogens is 4. The van der Waals surface area contributed by atoms with Gasteiger partial charge < -0.3 is 20.1 Å². The quantitative estimate of drug-likeness (QED) is 0.317. The van der Waals surface area contributed by atoms with E-state index in [1.807, 2.05) is 6.07 Å². The molecule has 1 aromatic carbocycles. The number of hydrogen-bond acceptors (Lipinski definition) is 10. The molecule has 0 spiro atoms. The van der Waals surface area contributed by atoms with Crippen LogP contribution in [0.3, 0.4) is 0 Å². The van der Waals surface area contributed by atoms with Gasteiger partial charge >= 0.3 is 17.9 Å². The lowest BCUT2D eigenvalue weighted by Crippen LogP contribution is -2.40. The van der Waals surface area contributed by atoms with E-state index in [0.717, 1.165) is 10.1 Å². The Labute approximate surface area is 207 Å². The molecule has 13 nitrogen and oxygen atoms in total. The summed E-state index contributed by atoms with van der Waals surface area (Å²) < 4.78 is 32.7. The highest BCUT2D eigenvalue weighted by atomic mass is 32.2. The van der Waals surface area contributed by atoms with Crippen molar-refractivity contribution in [2.24, 2.45) is 0 Å². The molecule has 3 N–H and O–H groups in total. The number of anilines is 1. The van der Waals surface area contributed by atoms with Crippen LogP contribution in [0.25, 0.3) is 11.2 Å². The molecule has 0 radical (unpaired) electrons. The minimum absolute atomic E-state index is 0.00745. The topological polar surface area (TPSA) is 175 Å². The van der Waals surface area contributed by atoms with Crippen LogP contribution in [0.1, 0.15) is 25.8 Å². The number of hydrogen-bond donors (Lipinski definition) is 2. The molecular formula is C22H29N7O6S. The number of likely N-dealkylation sites (N-methyl/N-ethyl adjacent to an activating group) is 1. The molecular weight excluding hydrogens is 490 g/mol. The van der Waals surface area contributed by atoms with Crippen LogP contribution in [0.2, 0.25) is 0 Å². The average molecular weight is 520 g/mol. The van der Waals surface area contributed by atoms with E-state index >= 15 is 0 Å². The second-order valence-corrected chi connectivity index (χ2v) is 9.99. The van der Waals surface area contributed by atoms with Crippen LogP contribution in [0.5, 0.6) is 0 Å². The maximum Gasteiger partial charge on any atom is 0.508 e. The molecule has 0 fully saturated rings. The number of nitrogens with one attached hydrogen (secondary N) is 1. The number of carbonyl (C=O) groups excluding carboxylic acids is 2. The zero-order valence-corrected chi connectivity index (χ0v) is 21.1. The summed E-state index contributed by atoms with van der Waals surface area (Å²) in [7, 11) is -1.94. The van der Waals surface area contributed by atoms with Crippen LogP contribution in [0.4, 0.5) is 15.4 Å². The molecule has 194 valence electrons. The van der Waals surface area contributed by atoms with E-state index in [-0.39, 0.29) is 54.2 Å². The Kier molecular flexibility index (Phi) is 8.29. The van der Waals surface area contributed by atoms with Crippen molar-refractivity contribution < 1.29 is 23.3 Å². The van der Waals surface area contributed by atoms with Gasteiger partial charge in [-0.2, -0.15) is 4.98 Å². The number of fused-ring (bicyclic) bond motifs is 1. The van der Waals surface area contributed by atoms with Crippen molar-refractivity contribution in [2.75, 3.05) is 38.3 Å². The lowest BCUT2D eigenvalue weighted by molar-refractivity contribution is 0.0551. The van der Waals surface area contributed by atoms with Crippen LogP contribution in [0.15, 0.2) is 40.3 Å². The predicted molar refractivity (Wildman–Crippen MR) is 132 cm³/mol. The SMILES string of the molecule is CCCS(=N)(=O)c1nc(N)c2c(n1)n(Cc1ccccc1)c(=O)n2C(=O)N(C)CCOC(=O)OCC. The van der Waals surface area contributed by atoms with Gasteiger partial charge in [-0.25, -0.2) is 32.9 Å².